The number of nitriles is 1. The summed E-state index contributed by atoms with van der Waals surface area (Å²) >= 11 is 0. The fourth-order valence-corrected chi connectivity index (χ4v) is 4.63. The van der Waals surface area contributed by atoms with Crippen molar-refractivity contribution in [3.63, 3.8) is 0 Å². The number of para-hydroxylation sites is 2. The topological polar surface area (TPSA) is 70.9 Å². The average molecular weight is 412 g/mol. The van der Waals surface area contributed by atoms with E-state index in [4.69, 9.17) is 10.7 Å². The Bertz CT molecular complexity index is 1090. The minimum absolute atomic E-state index is 0. The average Bonchev–Trinajstić information content (AvgIpc) is 3.30. The fraction of sp³-hybridized carbons (Fsp3) is 0.364. The zero-order chi connectivity index (χ0) is 19.3. The largest absolute Gasteiger partial charge is 0.340 e. The van der Waals surface area contributed by atoms with Crippen molar-refractivity contribution < 1.29 is 4.39 Å². The van der Waals surface area contributed by atoms with Crippen LogP contribution in [0.3, 0.4) is 0 Å². The van der Waals surface area contributed by atoms with E-state index in [9.17, 15) is 9.65 Å². The number of halogens is 2. The van der Waals surface area contributed by atoms with Crippen LogP contribution in [-0.4, -0.2) is 34.9 Å². The first-order valence-electron chi connectivity index (χ1n) is 9.80. The Morgan fingerprint density at radius 3 is 2.79 bits per heavy atom. The van der Waals surface area contributed by atoms with Gasteiger partial charge in [-0.25, -0.2) is 9.37 Å². The van der Waals surface area contributed by atoms with Gasteiger partial charge in [0.05, 0.1) is 34.7 Å². The number of aromatic nitrogens is 2. The molecule has 0 bridgehead atoms. The molecule has 1 aliphatic carbocycles. The molecule has 1 saturated heterocycles. The Hall–Kier alpha value is -2.62. The standard InChI is InChI=1S/C22H22FN5.ClH/c23-17-9-10-27(13-18(17)25)22-26-19-3-1-2-4-21(19)28(22)20-8-6-15-11-14(12-24)5-7-16(15)20;/h1-5,7,11,17-18,20H,6,8-10,13,25H2;1H/t17-,18-,20+;/m1./s1. The third-order valence-corrected chi connectivity index (χ3v) is 6.06. The summed E-state index contributed by atoms with van der Waals surface area (Å²) in [6.45, 7) is 1.09. The number of piperidine rings is 1. The van der Waals surface area contributed by atoms with E-state index < -0.39 is 12.2 Å². The number of imidazole rings is 1. The lowest BCUT2D eigenvalue weighted by molar-refractivity contribution is 0.243. The molecule has 29 heavy (non-hydrogen) atoms. The van der Waals surface area contributed by atoms with Gasteiger partial charge in [-0.1, -0.05) is 18.2 Å². The van der Waals surface area contributed by atoms with Crippen LogP contribution in [0.5, 0.6) is 0 Å². The number of alkyl halides is 1. The molecule has 2 aliphatic rings. The third kappa shape index (κ3) is 3.25. The minimum atomic E-state index is -0.953. The molecular weight excluding hydrogens is 389 g/mol. The summed E-state index contributed by atoms with van der Waals surface area (Å²) < 4.78 is 16.2. The molecule has 3 aromatic rings. The maximum absolute atomic E-state index is 13.9. The monoisotopic (exact) mass is 411 g/mol. The molecule has 2 N–H and O–H groups in total. The van der Waals surface area contributed by atoms with Crippen LogP contribution in [-0.2, 0) is 6.42 Å². The molecule has 0 amide bonds. The molecule has 5 rings (SSSR count). The van der Waals surface area contributed by atoms with Crippen molar-refractivity contribution in [3.05, 3.63) is 59.2 Å². The van der Waals surface area contributed by atoms with E-state index in [2.05, 4.69) is 27.7 Å². The lowest BCUT2D eigenvalue weighted by Gasteiger charge is -2.35. The summed E-state index contributed by atoms with van der Waals surface area (Å²) in [4.78, 5) is 7.03. The molecule has 1 fully saturated rings. The maximum Gasteiger partial charge on any atom is 0.207 e. The van der Waals surface area contributed by atoms with Crippen molar-refractivity contribution in [2.75, 3.05) is 18.0 Å². The van der Waals surface area contributed by atoms with E-state index in [0.717, 1.165) is 29.8 Å². The normalized spacial score (nSPS) is 23.5. The van der Waals surface area contributed by atoms with Crippen molar-refractivity contribution >= 4 is 29.4 Å². The molecular formula is C22H23ClFN5. The molecule has 2 heterocycles. The molecule has 0 spiro atoms. The van der Waals surface area contributed by atoms with Gasteiger partial charge in [0, 0.05) is 13.1 Å². The third-order valence-electron chi connectivity index (χ3n) is 6.06. The number of nitrogens with two attached hydrogens (primary N) is 1. The highest BCUT2D eigenvalue weighted by Gasteiger charge is 2.33. The molecule has 1 aliphatic heterocycles. The van der Waals surface area contributed by atoms with E-state index in [1.807, 2.05) is 30.3 Å². The fourth-order valence-electron chi connectivity index (χ4n) is 4.63. The molecule has 0 radical (unpaired) electrons. The lowest BCUT2D eigenvalue weighted by atomic mass is 10.0. The summed E-state index contributed by atoms with van der Waals surface area (Å²) in [7, 11) is 0. The van der Waals surface area contributed by atoms with Gasteiger partial charge < -0.3 is 15.2 Å². The SMILES string of the molecule is Cl.N#Cc1ccc2c(c1)CC[C@@H]2n1c(N2CC[C@@H](F)[C@H](N)C2)nc2ccccc21. The smallest absolute Gasteiger partial charge is 0.207 e. The van der Waals surface area contributed by atoms with Crippen LogP contribution in [0.25, 0.3) is 11.0 Å². The Kier molecular flexibility index (Phi) is 5.20. The minimum Gasteiger partial charge on any atom is -0.340 e. The highest BCUT2D eigenvalue weighted by molar-refractivity contribution is 5.85. The van der Waals surface area contributed by atoms with Crippen LogP contribution in [0.2, 0.25) is 0 Å². The van der Waals surface area contributed by atoms with Gasteiger partial charge in [0.2, 0.25) is 5.95 Å². The molecule has 0 unspecified atom stereocenters. The van der Waals surface area contributed by atoms with Crippen LogP contribution in [0, 0.1) is 11.3 Å². The van der Waals surface area contributed by atoms with Crippen LogP contribution in [0.1, 0.15) is 35.6 Å². The van der Waals surface area contributed by atoms with E-state index >= 15 is 0 Å². The Balaban J connectivity index is 0.00000205. The van der Waals surface area contributed by atoms with E-state index in [1.165, 1.54) is 11.1 Å². The Morgan fingerprint density at radius 2 is 2.00 bits per heavy atom. The zero-order valence-electron chi connectivity index (χ0n) is 16.0. The van der Waals surface area contributed by atoms with Crippen molar-refractivity contribution in [1.82, 2.24) is 9.55 Å². The molecule has 2 aromatic carbocycles. The zero-order valence-corrected chi connectivity index (χ0v) is 16.8. The molecule has 7 heteroatoms. The lowest BCUT2D eigenvalue weighted by Crippen LogP contribution is -2.50. The summed E-state index contributed by atoms with van der Waals surface area (Å²) in [5, 5.41) is 9.21. The van der Waals surface area contributed by atoms with Crippen molar-refractivity contribution in [2.24, 2.45) is 5.73 Å². The second-order valence-electron chi connectivity index (χ2n) is 7.76. The number of anilines is 1. The number of hydrogen-bond donors (Lipinski definition) is 1. The Morgan fingerprint density at radius 1 is 1.17 bits per heavy atom. The van der Waals surface area contributed by atoms with Crippen LogP contribution in [0.4, 0.5) is 10.3 Å². The summed E-state index contributed by atoms with van der Waals surface area (Å²) in [6.07, 6.45) is 1.37. The van der Waals surface area contributed by atoms with Crippen LogP contribution < -0.4 is 10.6 Å². The van der Waals surface area contributed by atoms with E-state index in [1.54, 1.807) is 0 Å². The summed E-state index contributed by atoms with van der Waals surface area (Å²) in [5.41, 5.74) is 11.2. The number of benzene rings is 2. The second kappa shape index (κ2) is 7.66. The van der Waals surface area contributed by atoms with Crippen LogP contribution in [0.15, 0.2) is 42.5 Å². The second-order valence-corrected chi connectivity index (χ2v) is 7.76. The number of aryl methyl sites for hydroxylation is 1. The molecule has 150 valence electrons. The van der Waals surface area contributed by atoms with Crippen molar-refractivity contribution in [3.8, 4) is 6.07 Å². The van der Waals surface area contributed by atoms with Gasteiger partial charge in [-0.2, -0.15) is 5.26 Å². The van der Waals surface area contributed by atoms with Crippen LogP contribution >= 0.6 is 12.4 Å². The van der Waals surface area contributed by atoms with E-state index in [0.29, 0.717) is 25.1 Å². The van der Waals surface area contributed by atoms with Crippen molar-refractivity contribution in [2.45, 2.75) is 37.5 Å². The predicted molar refractivity (Wildman–Crippen MR) is 114 cm³/mol. The van der Waals surface area contributed by atoms with Gasteiger partial charge >= 0.3 is 0 Å². The first-order chi connectivity index (χ1) is 13.7. The van der Waals surface area contributed by atoms with Gasteiger partial charge in [-0.3, -0.25) is 0 Å². The van der Waals surface area contributed by atoms with Gasteiger partial charge in [-0.05, 0) is 54.7 Å². The molecule has 3 atom stereocenters. The highest BCUT2D eigenvalue weighted by Crippen LogP contribution is 2.40. The number of nitrogens with zero attached hydrogens (tertiary/aromatic N) is 4. The molecule has 0 saturated carbocycles. The first kappa shape index (κ1) is 19.7. The first-order valence-corrected chi connectivity index (χ1v) is 9.80. The highest BCUT2D eigenvalue weighted by atomic mass is 35.5. The number of hydrogen-bond acceptors (Lipinski definition) is 4. The van der Waals surface area contributed by atoms with Gasteiger partial charge in [0.15, 0.2) is 0 Å². The summed E-state index contributed by atoms with van der Waals surface area (Å²) in [6, 6.07) is 16.0. The predicted octanol–water partition coefficient (Wildman–Crippen LogP) is 3.74. The van der Waals surface area contributed by atoms with E-state index in [-0.39, 0.29) is 18.4 Å². The maximum atomic E-state index is 13.9. The Labute approximate surface area is 175 Å². The molecule has 5 nitrogen and oxygen atoms in total. The van der Waals surface area contributed by atoms with Gasteiger partial charge in [0.25, 0.3) is 0 Å². The van der Waals surface area contributed by atoms with Gasteiger partial charge in [0.1, 0.15) is 6.17 Å². The molecule has 1 aromatic heterocycles. The van der Waals surface area contributed by atoms with Crippen molar-refractivity contribution in [1.29, 1.82) is 5.26 Å². The van der Waals surface area contributed by atoms with Gasteiger partial charge in [-0.15, -0.1) is 12.4 Å². The number of rotatable bonds is 2. The number of fused-ring (bicyclic) bond motifs is 2. The summed E-state index contributed by atoms with van der Waals surface area (Å²) in [5.74, 6) is 0.866. The quantitative estimate of drug-likeness (QED) is 0.697.